The van der Waals surface area contributed by atoms with Crippen LogP contribution in [-0.4, -0.2) is 28.7 Å². The van der Waals surface area contributed by atoms with Crippen molar-refractivity contribution in [2.24, 2.45) is 4.99 Å². The minimum atomic E-state index is 0.680. The number of hydrogen-bond donors (Lipinski definition) is 0. The van der Waals surface area contributed by atoms with E-state index in [1.807, 2.05) is 24.3 Å². The van der Waals surface area contributed by atoms with Gasteiger partial charge in [0.05, 0.1) is 12.2 Å². The lowest BCUT2D eigenvalue weighted by molar-refractivity contribution is 0.266. The van der Waals surface area contributed by atoms with Gasteiger partial charge in [-0.2, -0.15) is 0 Å². The zero-order valence-electron chi connectivity index (χ0n) is 15.1. The van der Waals surface area contributed by atoms with Gasteiger partial charge in [0.25, 0.3) is 0 Å². The van der Waals surface area contributed by atoms with Gasteiger partial charge in [-0.25, -0.2) is 4.98 Å². The molecule has 0 unspecified atom stereocenters. The minimum Gasteiger partial charge on any atom is -0.298 e. The van der Waals surface area contributed by atoms with Gasteiger partial charge in [0.2, 0.25) is 0 Å². The smallest absolute Gasteiger partial charge is 0.115 e. The Hall–Kier alpha value is -2.01. The third kappa shape index (κ3) is 5.04. The zero-order chi connectivity index (χ0) is 18.5. The van der Waals surface area contributed by atoms with Gasteiger partial charge in [-0.1, -0.05) is 54.1 Å². The maximum absolute atomic E-state index is 6.08. The molecule has 0 amide bonds. The standard InChI is InChI=1S/C22H22ClN3S/c23-19-8-4-7-18(13-19)21-16-27-22(25-21)14-24-20-9-11-26(12-10-20)15-17-5-2-1-3-6-17/h1-8,13,16H,9-12,14-15H2. The summed E-state index contributed by atoms with van der Waals surface area (Å²) in [6, 6.07) is 18.5. The number of nitrogens with zero attached hydrogens (tertiary/aromatic N) is 3. The van der Waals surface area contributed by atoms with Gasteiger partial charge in [0, 0.05) is 41.3 Å². The van der Waals surface area contributed by atoms with E-state index >= 15 is 0 Å². The molecule has 0 radical (unpaired) electrons. The molecule has 1 aliphatic rings. The van der Waals surface area contributed by atoms with Crippen LogP contribution in [0.4, 0.5) is 0 Å². The van der Waals surface area contributed by atoms with Crippen molar-refractivity contribution < 1.29 is 0 Å². The molecule has 3 aromatic rings. The van der Waals surface area contributed by atoms with E-state index in [1.54, 1.807) is 11.3 Å². The number of thiazole rings is 1. The summed E-state index contributed by atoms with van der Waals surface area (Å²) in [5.74, 6) is 0. The molecule has 0 N–H and O–H groups in total. The van der Waals surface area contributed by atoms with Gasteiger partial charge < -0.3 is 0 Å². The van der Waals surface area contributed by atoms with E-state index in [2.05, 4.69) is 40.6 Å². The number of piperidine rings is 1. The van der Waals surface area contributed by atoms with E-state index in [1.165, 1.54) is 11.3 Å². The summed E-state index contributed by atoms with van der Waals surface area (Å²) >= 11 is 7.75. The normalized spacial score (nSPS) is 15.1. The molecule has 0 saturated carbocycles. The van der Waals surface area contributed by atoms with E-state index in [9.17, 15) is 0 Å². The number of hydrogen-bond acceptors (Lipinski definition) is 4. The number of halogens is 1. The summed E-state index contributed by atoms with van der Waals surface area (Å²) in [7, 11) is 0. The molecule has 2 heterocycles. The summed E-state index contributed by atoms with van der Waals surface area (Å²) in [4.78, 5) is 12.1. The van der Waals surface area contributed by atoms with E-state index in [0.717, 1.165) is 53.8 Å². The Bertz CT molecular complexity index is 910. The van der Waals surface area contributed by atoms with Crippen LogP contribution in [0.2, 0.25) is 5.02 Å². The summed E-state index contributed by atoms with van der Waals surface area (Å²) in [6.07, 6.45) is 2.11. The van der Waals surface area contributed by atoms with Crippen LogP contribution in [0.25, 0.3) is 11.3 Å². The fourth-order valence-electron chi connectivity index (χ4n) is 3.31. The molecule has 1 aliphatic heterocycles. The summed E-state index contributed by atoms with van der Waals surface area (Å²) in [6.45, 7) is 3.88. The van der Waals surface area contributed by atoms with Crippen LogP contribution in [0.15, 0.2) is 65.0 Å². The molecular weight excluding hydrogens is 374 g/mol. The monoisotopic (exact) mass is 395 g/mol. The molecule has 0 bridgehead atoms. The van der Waals surface area contributed by atoms with Gasteiger partial charge in [-0.3, -0.25) is 9.89 Å². The van der Waals surface area contributed by atoms with Crippen molar-refractivity contribution in [2.75, 3.05) is 13.1 Å². The summed E-state index contributed by atoms with van der Waals surface area (Å²) in [5.41, 5.74) is 4.75. The lowest BCUT2D eigenvalue weighted by Crippen LogP contribution is -2.33. The van der Waals surface area contributed by atoms with Crippen LogP contribution >= 0.6 is 22.9 Å². The molecule has 0 aliphatic carbocycles. The highest BCUT2D eigenvalue weighted by Crippen LogP contribution is 2.25. The Kier molecular flexibility index (Phi) is 5.97. The van der Waals surface area contributed by atoms with E-state index in [4.69, 9.17) is 21.6 Å². The zero-order valence-corrected chi connectivity index (χ0v) is 16.7. The maximum atomic E-state index is 6.08. The van der Waals surface area contributed by atoms with Gasteiger partial charge in [0.1, 0.15) is 5.01 Å². The fraction of sp³-hybridized carbons (Fsp3) is 0.273. The Labute approximate surface area is 169 Å². The highest BCUT2D eigenvalue weighted by molar-refractivity contribution is 7.09. The molecule has 1 fully saturated rings. The molecule has 0 atom stereocenters. The largest absolute Gasteiger partial charge is 0.298 e. The molecule has 0 spiro atoms. The molecule has 2 aromatic carbocycles. The average Bonchev–Trinajstić information content (AvgIpc) is 3.17. The van der Waals surface area contributed by atoms with Crippen molar-refractivity contribution in [3.8, 4) is 11.3 Å². The minimum absolute atomic E-state index is 0.680. The quantitative estimate of drug-likeness (QED) is 0.554. The molecule has 5 heteroatoms. The number of rotatable bonds is 5. The van der Waals surface area contributed by atoms with Crippen molar-refractivity contribution in [3.05, 3.63) is 75.6 Å². The Morgan fingerprint density at radius 2 is 1.85 bits per heavy atom. The Balaban J connectivity index is 1.31. The predicted octanol–water partition coefficient (Wildman–Crippen LogP) is 5.70. The van der Waals surface area contributed by atoms with E-state index in [-0.39, 0.29) is 0 Å². The highest BCUT2D eigenvalue weighted by Gasteiger charge is 2.15. The van der Waals surface area contributed by atoms with Crippen molar-refractivity contribution in [1.82, 2.24) is 9.88 Å². The topological polar surface area (TPSA) is 28.5 Å². The third-order valence-corrected chi connectivity index (χ3v) is 5.86. The van der Waals surface area contributed by atoms with Crippen molar-refractivity contribution in [2.45, 2.75) is 25.9 Å². The van der Waals surface area contributed by atoms with Crippen molar-refractivity contribution in [1.29, 1.82) is 0 Å². The van der Waals surface area contributed by atoms with Crippen LogP contribution in [0.1, 0.15) is 23.4 Å². The first kappa shape index (κ1) is 18.4. The lowest BCUT2D eigenvalue weighted by atomic mass is 10.1. The van der Waals surface area contributed by atoms with Crippen LogP contribution in [-0.2, 0) is 13.1 Å². The van der Waals surface area contributed by atoms with Crippen LogP contribution in [0.5, 0.6) is 0 Å². The second-order valence-corrected chi connectivity index (χ2v) is 8.16. The molecule has 138 valence electrons. The fourth-order valence-corrected chi connectivity index (χ4v) is 4.23. The SMILES string of the molecule is Clc1cccc(-c2csc(CN=C3CCN(Cc4ccccc4)CC3)n2)c1. The Morgan fingerprint density at radius 1 is 1.04 bits per heavy atom. The van der Waals surface area contributed by atoms with E-state index < -0.39 is 0 Å². The van der Waals surface area contributed by atoms with Crippen LogP contribution < -0.4 is 0 Å². The Morgan fingerprint density at radius 3 is 2.63 bits per heavy atom. The highest BCUT2D eigenvalue weighted by atomic mass is 35.5. The number of aromatic nitrogens is 1. The van der Waals surface area contributed by atoms with Crippen LogP contribution in [0.3, 0.4) is 0 Å². The summed E-state index contributed by atoms with van der Waals surface area (Å²) < 4.78 is 0. The van der Waals surface area contributed by atoms with Crippen molar-refractivity contribution >= 4 is 28.6 Å². The molecule has 1 saturated heterocycles. The second-order valence-electron chi connectivity index (χ2n) is 6.78. The first-order chi connectivity index (χ1) is 13.3. The number of likely N-dealkylation sites (tertiary alicyclic amines) is 1. The van der Waals surface area contributed by atoms with E-state index in [0.29, 0.717) is 6.54 Å². The van der Waals surface area contributed by atoms with Crippen LogP contribution in [0, 0.1) is 0 Å². The summed E-state index contributed by atoms with van der Waals surface area (Å²) in [5, 5.41) is 3.89. The molecule has 27 heavy (non-hydrogen) atoms. The lowest BCUT2D eigenvalue weighted by Gasteiger charge is -2.27. The third-order valence-electron chi connectivity index (χ3n) is 4.79. The van der Waals surface area contributed by atoms with Gasteiger partial charge >= 0.3 is 0 Å². The van der Waals surface area contributed by atoms with Gasteiger partial charge in [-0.05, 0) is 30.5 Å². The average molecular weight is 396 g/mol. The first-order valence-corrected chi connectivity index (χ1v) is 10.5. The predicted molar refractivity (Wildman–Crippen MR) is 115 cm³/mol. The number of aliphatic imine (C=N–C) groups is 1. The number of benzene rings is 2. The van der Waals surface area contributed by atoms with Crippen molar-refractivity contribution in [3.63, 3.8) is 0 Å². The molecular formula is C22H22ClN3S. The first-order valence-electron chi connectivity index (χ1n) is 9.25. The van der Waals surface area contributed by atoms with Gasteiger partial charge in [-0.15, -0.1) is 11.3 Å². The second kappa shape index (κ2) is 8.79. The van der Waals surface area contributed by atoms with Gasteiger partial charge in [0.15, 0.2) is 0 Å². The molecule has 4 rings (SSSR count). The molecule has 1 aromatic heterocycles. The maximum Gasteiger partial charge on any atom is 0.115 e. The molecule has 3 nitrogen and oxygen atoms in total.